The lowest BCUT2D eigenvalue weighted by Crippen LogP contribution is -2.32. The van der Waals surface area contributed by atoms with Gasteiger partial charge in [-0.25, -0.2) is 4.79 Å². The van der Waals surface area contributed by atoms with E-state index >= 15 is 0 Å². The molecule has 0 saturated carbocycles. The number of aromatic nitrogens is 2. The number of H-pyrrole nitrogens is 2. The number of methoxy groups -OCH3 is 1. The van der Waals surface area contributed by atoms with Gasteiger partial charge >= 0.3 is 5.69 Å². The molecule has 1 aliphatic rings. The largest absolute Gasteiger partial charge is 0.383 e. The minimum atomic E-state index is -0.420. The molecule has 8 nitrogen and oxygen atoms in total. The maximum absolute atomic E-state index is 11.7. The Bertz CT molecular complexity index is 536. The van der Waals surface area contributed by atoms with Crippen LogP contribution < -0.4 is 11.0 Å². The Labute approximate surface area is 115 Å². The number of carbonyl (C=O) groups is 2. The first-order valence-electron chi connectivity index (χ1n) is 6.42. The van der Waals surface area contributed by atoms with Crippen molar-refractivity contribution in [2.24, 2.45) is 5.92 Å². The molecule has 0 bridgehead atoms. The molecule has 2 rings (SSSR count). The summed E-state index contributed by atoms with van der Waals surface area (Å²) in [6.07, 6.45) is 1.75. The standard InChI is InChI=1S/C12H18N4O4/c1-20-3-2-16-7-8(4-10(16)17)5-13-11(18)9-6-14-12(19)15-9/h6,8H,2-5,7H2,1H3,(H,13,18)(H2,14,15,19)/t8-/m1/s1. The zero-order chi connectivity index (χ0) is 14.5. The molecule has 1 aromatic rings. The molecule has 0 unspecified atom stereocenters. The van der Waals surface area contributed by atoms with Crippen LogP contribution in [0.5, 0.6) is 0 Å². The fourth-order valence-corrected chi connectivity index (χ4v) is 2.20. The lowest BCUT2D eigenvalue weighted by Gasteiger charge is -2.16. The Morgan fingerprint density at radius 2 is 2.35 bits per heavy atom. The second kappa shape index (κ2) is 6.38. The summed E-state index contributed by atoms with van der Waals surface area (Å²) in [5.41, 5.74) is -0.229. The van der Waals surface area contributed by atoms with Crippen molar-refractivity contribution in [3.05, 3.63) is 22.4 Å². The van der Waals surface area contributed by atoms with Crippen molar-refractivity contribution in [3.8, 4) is 0 Å². The highest BCUT2D eigenvalue weighted by molar-refractivity contribution is 5.92. The van der Waals surface area contributed by atoms with Gasteiger partial charge in [-0.2, -0.15) is 0 Å². The quantitative estimate of drug-likeness (QED) is 0.617. The predicted molar refractivity (Wildman–Crippen MR) is 70.3 cm³/mol. The van der Waals surface area contributed by atoms with Gasteiger partial charge in [-0.15, -0.1) is 0 Å². The van der Waals surface area contributed by atoms with E-state index in [1.807, 2.05) is 0 Å². The van der Waals surface area contributed by atoms with Crippen molar-refractivity contribution in [2.45, 2.75) is 6.42 Å². The van der Waals surface area contributed by atoms with Gasteiger partial charge in [0.2, 0.25) is 5.91 Å². The van der Waals surface area contributed by atoms with E-state index in [-0.39, 0.29) is 23.4 Å². The lowest BCUT2D eigenvalue weighted by atomic mass is 10.1. The summed E-state index contributed by atoms with van der Waals surface area (Å²) >= 11 is 0. The molecule has 0 aromatic carbocycles. The van der Waals surface area contributed by atoms with Crippen LogP contribution in [0.4, 0.5) is 0 Å². The van der Waals surface area contributed by atoms with Crippen molar-refractivity contribution < 1.29 is 14.3 Å². The van der Waals surface area contributed by atoms with Crippen LogP contribution in [0.15, 0.2) is 11.0 Å². The number of hydrogen-bond acceptors (Lipinski definition) is 4. The highest BCUT2D eigenvalue weighted by atomic mass is 16.5. The maximum Gasteiger partial charge on any atom is 0.323 e. The van der Waals surface area contributed by atoms with E-state index in [0.717, 1.165) is 0 Å². The summed E-state index contributed by atoms with van der Waals surface area (Å²) in [5.74, 6) is -0.184. The number of rotatable bonds is 6. The van der Waals surface area contributed by atoms with E-state index in [4.69, 9.17) is 4.74 Å². The SMILES string of the molecule is COCCN1C[C@@H](CNC(=O)c2c[nH]c(=O)[nH]2)CC1=O. The molecule has 8 heteroatoms. The van der Waals surface area contributed by atoms with Crippen molar-refractivity contribution >= 4 is 11.8 Å². The van der Waals surface area contributed by atoms with Crippen LogP contribution in [0.2, 0.25) is 0 Å². The molecule has 20 heavy (non-hydrogen) atoms. The number of ether oxygens (including phenoxy) is 1. The van der Waals surface area contributed by atoms with Crippen LogP contribution in [0.1, 0.15) is 16.9 Å². The van der Waals surface area contributed by atoms with E-state index in [1.165, 1.54) is 6.20 Å². The average Bonchev–Trinajstić information content (AvgIpc) is 3.00. The number of hydrogen-bond donors (Lipinski definition) is 3. The molecule has 0 spiro atoms. The molecule has 1 aliphatic heterocycles. The van der Waals surface area contributed by atoms with Gasteiger partial charge in [0, 0.05) is 45.3 Å². The van der Waals surface area contributed by atoms with Crippen LogP contribution >= 0.6 is 0 Å². The van der Waals surface area contributed by atoms with Crippen LogP contribution in [0, 0.1) is 5.92 Å². The molecule has 1 saturated heterocycles. The Kier molecular flexibility index (Phi) is 4.57. The number of carbonyl (C=O) groups excluding carboxylic acids is 2. The molecule has 2 amide bonds. The van der Waals surface area contributed by atoms with E-state index in [2.05, 4.69) is 15.3 Å². The summed E-state index contributed by atoms with van der Waals surface area (Å²) in [4.78, 5) is 40.8. The van der Waals surface area contributed by atoms with Gasteiger partial charge in [0.05, 0.1) is 6.61 Å². The summed E-state index contributed by atoms with van der Waals surface area (Å²) in [6, 6.07) is 0. The van der Waals surface area contributed by atoms with Gasteiger partial charge < -0.3 is 24.9 Å². The predicted octanol–water partition coefficient (Wildman–Crippen LogP) is -1.07. The lowest BCUT2D eigenvalue weighted by molar-refractivity contribution is -0.128. The molecule has 1 atom stereocenters. The van der Waals surface area contributed by atoms with Crippen LogP contribution in [-0.2, 0) is 9.53 Å². The number of amides is 2. The molecule has 3 N–H and O–H groups in total. The molecular formula is C12H18N4O4. The smallest absolute Gasteiger partial charge is 0.323 e. The molecule has 1 aromatic heterocycles. The fourth-order valence-electron chi connectivity index (χ4n) is 2.20. The first kappa shape index (κ1) is 14.3. The topological polar surface area (TPSA) is 107 Å². The summed E-state index contributed by atoms with van der Waals surface area (Å²) < 4.78 is 4.94. The van der Waals surface area contributed by atoms with Gasteiger partial charge in [-0.1, -0.05) is 0 Å². The molecule has 2 heterocycles. The van der Waals surface area contributed by atoms with Gasteiger partial charge in [0.15, 0.2) is 0 Å². The Morgan fingerprint density at radius 1 is 1.55 bits per heavy atom. The van der Waals surface area contributed by atoms with Gasteiger partial charge in [-0.05, 0) is 0 Å². The van der Waals surface area contributed by atoms with Crippen LogP contribution in [0.25, 0.3) is 0 Å². The number of aromatic amines is 2. The fraction of sp³-hybridized carbons (Fsp3) is 0.583. The van der Waals surface area contributed by atoms with E-state index in [1.54, 1.807) is 12.0 Å². The normalized spacial score (nSPS) is 18.6. The molecule has 0 radical (unpaired) electrons. The third-order valence-electron chi connectivity index (χ3n) is 3.25. The third-order valence-corrected chi connectivity index (χ3v) is 3.25. The summed E-state index contributed by atoms with van der Waals surface area (Å²) in [7, 11) is 1.59. The minimum absolute atomic E-state index is 0.0800. The summed E-state index contributed by atoms with van der Waals surface area (Å²) in [6.45, 7) is 2.10. The Morgan fingerprint density at radius 3 is 3.00 bits per heavy atom. The molecule has 1 fully saturated rings. The Hall–Kier alpha value is -2.09. The average molecular weight is 282 g/mol. The third kappa shape index (κ3) is 3.47. The van der Waals surface area contributed by atoms with E-state index in [0.29, 0.717) is 32.7 Å². The van der Waals surface area contributed by atoms with Crippen LogP contribution in [0.3, 0.4) is 0 Å². The minimum Gasteiger partial charge on any atom is -0.383 e. The van der Waals surface area contributed by atoms with Gasteiger partial charge in [-0.3, -0.25) is 9.59 Å². The summed E-state index contributed by atoms with van der Waals surface area (Å²) in [5, 5.41) is 2.71. The molecular weight excluding hydrogens is 264 g/mol. The first-order chi connectivity index (χ1) is 9.60. The van der Waals surface area contributed by atoms with Crippen molar-refractivity contribution in [1.29, 1.82) is 0 Å². The zero-order valence-electron chi connectivity index (χ0n) is 11.3. The van der Waals surface area contributed by atoms with E-state index in [9.17, 15) is 14.4 Å². The highest BCUT2D eigenvalue weighted by Gasteiger charge is 2.29. The second-order valence-electron chi connectivity index (χ2n) is 4.77. The molecule has 110 valence electrons. The zero-order valence-corrected chi connectivity index (χ0v) is 11.3. The van der Waals surface area contributed by atoms with Crippen molar-refractivity contribution in [2.75, 3.05) is 33.4 Å². The monoisotopic (exact) mass is 282 g/mol. The first-order valence-corrected chi connectivity index (χ1v) is 6.42. The van der Waals surface area contributed by atoms with Crippen molar-refractivity contribution in [3.63, 3.8) is 0 Å². The number of nitrogens with one attached hydrogen (secondary N) is 3. The van der Waals surface area contributed by atoms with Gasteiger partial charge in [0.1, 0.15) is 5.69 Å². The highest BCUT2D eigenvalue weighted by Crippen LogP contribution is 2.16. The number of imidazole rings is 1. The number of likely N-dealkylation sites (tertiary alicyclic amines) is 1. The molecule has 0 aliphatic carbocycles. The maximum atomic E-state index is 11.7. The van der Waals surface area contributed by atoms with Crippen LogP contribution in [-0.4, -0.2) is 60.0 Å². The van der Waals surface area contributed by atoms with Gasteiger partial charge in [0.25, 0.3) is 5.91 Å². The number of nitrogens with zero attached hydrogens (tertiary/aromatic N) is 1. The van der Waals surface area contributed by atoms with Crippen molar-refractivity contribution in [1.82, 2.24) is 20.2 Å². The Balaban J connectivity index is 1.79. The van der Waals surface area contributed by atoms with E-state index < -0.39 is 5.69 Å². The second-order valence-corrected chi connectivity index (χ2v) is 4.77.